The highest BCUT2D eigenvalue weighted by atomic mass is 16.3. The molecule has 0 aliphatic heterocycles. The minimum atomic E-state index is -0.375. The minimum absolute atomic E-state index is 0.375. The molecular formula is C15H18N2O. The van der Waals surface area contributed by atoms with Crippen molar-refractivity contribution in [3.63, 3.8) is 0 Å². The van der Waals surface area contributed by atoms with Crippen LogP contribution in [0.15, 0.2) is 30.6 Å². The van der Waals surface area contributed by atoms with Crippen molar-refractivity contribution < 1.29 is 5.11 Å². The van der Waals surface area contributed by atoms with Crippen molar-refractivity contribution in [2.24, 2.45) is 17.8 Å². The molecule has 0 saturated heterocycles. The van der Waals surface area contributed by atoms with Gasteiger partial charge in [-0.1, -0.05) is 12.5 Å². The Morgan fingerprint density at radius 3 is 2.94 bits per heavy atom. The molecule has 18 heavy (non-hydrogen) atoms. The second-order valence-electron chi connectivity index (χ2n) is 5.92. The average Bonchev–Trinajstić information content (AvgIpc) is 3.11. The van der Waals surface area contributed by atoms with E-state index in [1.807, 2.05) is 35.0 Å². The van der Waals surface area contributed by atoms with E-state index in [-0.39, 0.29) is 6.10 Å². The first kappa shape index (κ1) is 10.6. The fraction of sp³-hybridized carbons (Fsp3) is 0.533. The number of pyridine rings is 1. The van der Waals surface area contributed by atoms with Gasteiger partial charge < -0.3 is 9.51 Å². The Balaban J connectivity index is 1.66. The molecule has 1 N–H and O–H groups in total. The van der Waals surface area contributed by atoms with Crippen LogP contribution in [0.2, 0.25) is 0 Å². The van der Waals surface area contributed by atoms with Crippen molar-refractivity contribution in [2.75, 3.05) is 0 Å². The van der Waals surface area contributed by atoms with E-state index in [0.29, 0.717) is 5.92 Å². The van der Waals surface area contributed by atoms with Crippen LogP contribution in [-0.2, 0) is 0 Å². The molecule has 4 rings (SSSR count). The van der Waals surface area contributed by atoms with Gasteiger partial charge in [0.1, 0.15) is 11.8 Å². The summed E-state index contributed by atoms with van der Waals surface area (Å²) in [6, 6.07) is 5.95. The van der Waals surface area contributed by atoms with Gasteiger partial charge in [0.15, 0.2) is 0 Å². The monoisotopic (exact) mass is 242 g/mol. The van der Waals surface area contributed by atoms with E-state index in [2.05, 4.69) is 4.98 Å². The first-order chi connectivity index (χ1) is 8.81. The maximum Gasteiger partial charge on any atom is 0.137 e. The normalized spacial score (nSPS) is 32.2. The topological polar surface area (TPSA) is 37.5 Å². The summed E-state index contributed by atoms with van der Waals surface area (Å²) in [5.74, 6) is 2.04. The molecule has 2 aromatic heterocycles. The summed E-state index contributed by atoms with van der Waals surface area (Å²) in [6.07, 6.45) is 8.79. The Morgan fingerprint density at radius 2 is 2.22 bits per heavy atom. The van der Waals surface area contributed by atoms with Gasteiger partial charge in [0.05, 0.1) is 5.69 Å². The van der Waals surface area contributed by atoms with Crippen LogP contribution in [0.3, 0.4) is 0 Å². The smallest absolute Gasteiger partial charge is 0.137 e. The first-order valence-electron chi connectivity index (χ1n) is 6.93. The highest BCUT2D eigenvalue weighted by Crippen LogP contribution is 2.52. The van der Waals surface area contributed by atoms with Crippen molar-refractivity contribution >= 4 is 5.65 Å². The second kappa shape index (κ2) is 3.82. The molecule has 4 unspecified atom stereocenters. The quantitative estimate of drug-likeness (QED) is 0.879. The number of rotatable bonds is 2. The van der Waals surface area contributed by atoms with Gasteiger partial charge in [-0.2, -0.15) is 0 Å². The number of hydrogen-bond acceptors (Lipinski definition) is 2. The number of aliphatic hydroxyl groups is 1. The van der Waals surface area contributed by atoms with Crippen LogP contribution in [0.5, 0.6) is 0 Å². The van der Waals surface area contributed by atoms with Crippen LogP contribution in [0, 0.1) is 17.8 Å². The zero-order chi connectivity index (χ0) is 12.1. The molecule has 0 amide bonds. The highest BCUT2D eigenvalue weighted by molar-refractivity contribution is 5.39. The van der Waals surface area contributed by atoms with Crippen LogP contribution in [0.1, 0.15) is 37.5 Å². The third-order valence-electron chi connectivity index (χ3n) is 4.88. The van der Waals surface area contributed by atoms with Crippen molar-refractivity contribution in [1.82, 2.24) is 9.38 Å². The predicted molar refractivity (Wildman–Crippen MR) is 69.1 cm³/mol. The summed E-state index contributed by atoms with van der Waals surface area (Å²) < 4.78 is 1.99. The third kappa shape index (κ3) is 1.50. The van der Waals surface area contributed by atoms with Crippen LogP contribution < -0.4 is 0 Å². The molecule has 0 spiro atoms. The standard InChI is InChI=1S/C15H18N2O/c18-15(12-8-10-4-5-11(12)7-10)13-9-17-6-2-1-3-14(17)16-13/h1-3,6,9-12,15,18H,4-5,7-8H2. The predicted octanol–water partition coefficient (Wildman–Crippen LogP) is 2.80. The molecule has 2 aliphatic carbocycles. The van der Waals surface area contributed by atoms with Gasteiger partial charge in [-0.3, -0.25) is 0 Å². The molecule has 2 aromatic rings. The Labute approximate surface area is 106 Å². The number of hydrogen-bond donors (Lipinski definition) is 1. The zero-order valence-corrected chi connectivity index (χ0v) is 10.4. The van der Waals surface area contributed by atoms with Gasteiger partial charge in [-0.05, 0) is 49.1 Å². The SMILES string of the molecule is OC(c1cn2ccccc2n1)C1CC2CCC1C2. The Kier molecular flexibility index (Phi) is 2.24. The lowest BCUT2D eigenvalue weighted by Gasteiger charge is -2.25. The number of imidazole rings is 1. The van der Waals surface area contributed by atoms with Crippen molar-refractivity contribution in [1.29, 1.82) is 0 Å². The molecular weight excluding hydrogens is 224 g/mol. The lowest BCUT2D eigenvalue weighted by atomic mass is 9.84. The first-order valence-corrected chi connectivity index (χ1v) is 6.93. The van der Waals surface area contributed by atoms with Crippen LogP contribution >= 0.6 is 0 Å². The molecule has 3 heteroatoms. The highest BCUT2D eigenvalue weighted by Gasteiger charge is 2.43. The largest absolute Gasteiger partial charge is 0.386 e. The summed E-state index contributed by atoms with van der Waals surface area (Å²) in [5, 5.41) is 10.6. The third-order valence-corrected chi connectivity index (χ3v) is 4.88. The number of aliphatic hydroxyl groups excluding tert-OH is 1. The summed E-state index contributed by atoms with van der Waals surface area (Å²) >= 11 is 0. The van der Waals surface area contributed by atoms with E-state index >= 15 is 0 Å². The minimum Gasteiger partial charge on any atom is -0.386 e. The van der Waals surface area contributed by atoms with Gasteiger partial charge in [-0.25, -0.2) is 4.98 Å². The van der Waals surface area contributed by atoms with Gasteiger partial charge in [0.25, 0.3) is 0 Å². The summed E-state index contributed by atoms with van der Waals surface area (Å²) in [7, 11) is 0. The second-order valence-corrected chi connectivity index (χ2v) is 5.92. The molecule has 3 nitrogen and oxygen atoms in total. The van der Waals surface area contributed by atoms with Gasteiger partial charge >= 0.3 is 0 Å². The fourth-order valence-electron chi connectivity index (χ4n) is 4.00. The molecule has 2 bridgehead atoms. The van der Waals surface area contributed by atoms with E-state index in [1.165, 1.54) is 25.7 Å². The lowest BCUT2D eigenvalue weighted by Crippen LogP contribution is -2.19. The molecule has 4 atom stereocenters. The van der Waals surface area contributed by atoms with Crippen molar-refractivity contribution in [3.05, 3.63) is 36.3 Å². The number of fused-ring (bicyclic) bond motifs is 3. The van der Waals surface area contributed by atoms with E-state index in [4.69, 9.17) is 0 Å². The summed E-state index contributed by atoms with van der Waals surface area (Å²) in [5.41, 5.74) is 1.77. The Bertz CT molecular complexity index is 544. The maximum atomic E-state index is 10.6. The van der Waals surface area contributed by atoms with Crippen LogP contribution in [0.4, 0.5) is 0 Å². The zero-order valence-electron chi connectivity index (χ0n) is 10.4. The average molecular weight is 242 g/mol. The molecule has 2 heterocycles. The molecule has 2 saturated carbocycles. The maximum absolute atomic E-state index is 10.6. The number of aromatic nitrogens is 2. The van der Waals surface area contributed by atoms with Gasteiger partial charge in [0.2, 0.25) is 0 Å². The molecule has 2 aliphatic rings. The summed E-state index contributed by atoms with van der Waals surface area (Å²) in [4.78, 5) is 4.55. The fourth-order valence-corrected chi connectivity index (χ4v) is 4.00. The molecule has 0 aromatic carbocycles. The molecule has 2 fully saturated rings. The van der Waals surface area contributed by atoms with E-state index in [0.717, 1.165) is 23.2 Å². The van der Waals surface area contributed by atoms with Crippen molar-refractivity contribution in [3.8, 4) is 0 Å². The van der Waals surface area contributed by atoms with Gasteiger partial charge in [-0.15, -0.1) is 0 Å². The lowest BCUT2D eigenvalue weighted by molar-refractivity contribution is 0.0714. The number of nitrogens with zero attached hydrogens (tertiary/aromatic N) is 2. The van der Waals surface area contributed by atoms with Crippen LogP contribution in [-0.4, -0.2) is 14.5 Å². The Hall–Kier alpha value is -1.35. The van der Waals surface area contributed by atoms with E-state index in [1.54, 1.807) is 0 Å². The molecule has 0 radical (unpaired) electrons. The van der Waals surface area contributed by atoms with Crippen molar-refractivity contribution in [2.45, 2.75) is 31.8 Å². The van der Waals surface area contributed by atoms with E-state index < -0.39 is 0 Å². The van der Waals surface area contributed by atoms with Crippen LogP contribution in [0.25, 0.3) is 5.65 Å². The Morgan fingerprint density at radius 1 is 1.28 bits per heavy atom. The molecule has 94 valence electrons. The summed E-state index contributed by atoms with van der Waals surface area (Å²) in [6.45, 7) is 0. The van der Waals surface area contributed by atoms with E-state index in [9.17, 15) is 5.11 Å². The van der Waals surface area contributed by atoms with Gasteiger partial charge in [0, 0.05) is 12.4 Å².